The number of aromatic nitrogens is 1. The normalized spacial score (nSPS) is 13.5. The molecule has 16 heavy (non-hydrogen) atoms. The predicted molar refractivity (Wildman–Crippen MR) is 58.4 cm³/mol. The van der Waals surface area contributed by atoms with Crippen LogP contribution in [0.5, 0.6) is 0 Å². The molecule has 0 saturated heterocycles. The Bertz CT molecular complexity index is 375. The van der Waals surface area contributed by atoms with Crippen LogP contribution in [0.1, 0.15) is 45.0 Å². The van der Waals surface area contributed by atoms with Gasteiger partial charge < -0.3 is 10.7 Å². The standard InChI is InChI=1S/C11H17F3N2/c1-6(2)9-7(15)5-8(16-9)10(3,4)11(12,13)14/h5-6,16H,15H2,1-4H3. The highest BCUT2D eigenvalue weighted by Gasteiger charge is 2.49. The van der Waals surface area contributed by atoms with E-state index in [1.165, 1.54) is 6.07 Å². The highest BCUT2D eigenvalue weighted by Crippen LogP contribution is 2.41. The van der Waals surface area contributed by atoms with Crippen molar-refractivity contribution in [1.82, 2.24) is 4.98 Å². The molecule has 0 saturated carbocycles. The molecule has 0 aliphatic heterocycles. The van der Waals surface area contributed by atoms with Gasteiger partial charge in [0, 0.05) is 11.4 Å². The first-order valence-corrected chi connectivity index (χ1v) is 5.13. The molecule has 0 unspecified atom stereocenters. The van der Waals surface area contributed by atoms with Gasteiger partial charge in [-0.15, -0.1) is 0 Å². The van der Waals surface area contributed by atoms with E-state index in [-0.39, 0.29) is 11.6 Å². The van der Waals surface area contributed by atoms with Crippen molar-refractivity contribution < 1.29 is 13.2 Å². The number of nitrogens with two attached hydrogens (primary N) is 1. The molecule has 1 aromatic rings. The molecule has 2 nitrogen and oxygen atoms in total. The molecular weight excluding hydrogens is 217 g/mol. The van der Waals surface area contributed by atoms with Crippen LogP contribution in [0.3, 0.4) is 0 Å². The summed E-state index contributed by atoms with van der Waals surface area (Å²) >= 11 is 0. The Labute approximate surface area is 93.0 Å². The summed E-state index contributed by atoms with van der Waals surface area (Å²) in [7, 11) is 0. The van der Waals surface area contributed by atoms with E-state index in [0.29, 0.717) is 11.4 Å². The first kappa shape index (κ1) is 12.9. The van der Waals surface area contributed by atoms with E-state index in [2.05, 4.69) is 4.98 Å². The van der Waals surface area contributed by atoms with Crippen molar-refractivity contribution in [2.75, 3.05) is 5.73 Å². The van der Waals surface area contributed by atoms with Gasteiger partial charge in [0.1, 0.15) is 5.41 Å². The molecule has 0 aliphatic carbocycles. The largest absolute Gasteiger partial charge is 0.399 e. The van der Waals surface area contributed by atoms with Crippen LogP contribution in [0.15, 0.2) is 6.07 Å². The van der Waals surface area contributed by atoms with E-state index < -0.39 is 11.6 Å². The lowest BCUT2D eigenvalue weighted by Gasteiger charge is -2.26. The van der Waals surface area contributed by atoms with Crippen molar-refractivity contribution in [3.05, 3.63) is 17.5 Å². The molecule has 0 aliphatic rings. The van der Waals surface area contributed by atoms with Crippen molar-refractivity contribution in [3.63, 3.8) is 0 Å². The molecule has 0 fully saturated rings. The van der Waals surface area contributed by atoms with Crippen LogP contribution in [-0.4, -0.2) is 11.2 Å². The number of halogens is 3. The van der Waals surface area contributed by atoms with Crippen LogP contribution in [0.4, 0.5) is 18.9 Å². The molecule has 0 aromatic carbocycles. The molecule has 0 spiro atoms. The van der Waals surface area contributed by atoms with Crippen molar-refractivity contribution in [3.8, 4) is 0 Å². The molecule has 0 bridgehead atoms. The molecule has 1 heterocycles. The fourth-order valence-electron chi connectivity index (χ4n) is 1.45. The summed E-state index contributed by atoms with van der Waals surface area (Å²) in [5.74, 6) is 0.0813. The number of alkyl halides is 3. The Morgan fingerprint density at radius 1 is 1.25 bits per heavy atom. The average Bonchev–Trinajstić information content (AvgIpc) is 2.45. The minimum absolute atomic E-state index is 0.0813. The van der Waals surface area contributed by atoms with E-state index in [1.807, 2.05) is 13.8 Å². The third-order valence-corrected chi connectivity index (χ3v) is 2.84. The summed E-state index contributed by atoms with van der Waals surface area (Å²) in [5, 5.41) is 0. The second-order valence-electron chi connectivity index (χ2n) is 4.83. The molecule has 0 amide bonds. The fraction of sp³-hybridized carbons (Fsp3) is 0.636. The topological polar surface area (TPSA) is 41.8 Å². The summed E-state index contributed by atoms with van der Waals surface area (Å²) in [6.45, 7) is 6.05. The van der Waals surface area contributed by atoms with Gasteiger partial charge in [-0.05, 0) is 25.8 Å². The number of hydrogen-bond donors (Lipinski definition) is 2. The number of aromatic amines is 1. The van der Waals surface area contributed by atoms with Crippen molar-refractivity contribution >= 4 is 5.69 Å². The van der Waals surface area contributed by atoms with Gasteiger partial charge in [0.2, 0.25) is 0 Å². The molecule has 3 N–H and O–H groups in total. The van der Waals surface area contributed by atoms with Crippen LogP contribution in [0.2, 0.25) is 0 Å². The van der Waals surface area contributed by atoms with Crippen molar-refractivity contribution in [2.45, 2.75) is 45.2 Å². The Hall–Kier alpha value is -1.13. The smallest absolute Gasteiger partial charge is 0.397 e. The number of anilines is 1. The van der Waals surface area contributed by atoms with Gasteiger partial charge in [-0.3, -0.25) is 0 Å². The molecule has 1 rings (SSSR count). The van der Waals surface area contributed by atoms with E-state index in [9.17, 15) is 13.2 Å². The third kappa shape index (κ3) is 2.03. The van der Waals surface area contributed by atoms with Gasteiger partial charge in [0.25, 0.3) is 0 Å². The Kier molecular flexibility index (Phi) is 3.00. The number of nitrogen functional groups attached to an aromatic ring is 1. The fourth-order valence-corrected chi connectivity index (χ4v) is 1.45. The van der Waals surface area contributed by atoms with Gasteiger partial charge >= 0.3 is 6.18 Å². The SMILES string of the molecule is CC(C)c1[nH]c(C(C)(C)C(F)(F)F)cc1N. The molecule has 0 atom stereocenters. The Morgan fingerprint density at radius 2 is 1.75 bits per heavy atom. The van der Waals surface area contributed by atoms with E-state index in [4.69, 9.17) is 5.73 Å². The van der Waals surface area contributed by atoms with Crippen LogP contribution in [0.25, 0.3) is 0 Å². The second kappa shape index (κ2) is 3.71. The minimum Gasteiger partial charge on any atom is -0.397 e. The van der Waals surface area contributed by atoms with Gasteiger partial charge in [-0.25, -0.2) is 0 Å². The molecule has 1 aromatic heterocycles. The van der Waals surface area contributed by atoms with Gasteiger partial charge in [-0.2, -0.15) is 13.2 Å². The van der Waals surface area contributed by atoms with Crippen molar-refractivity contribution in [1.29, 1.82) is 0 Å². The van der Waals surface area contributed by atoms with Crippen LogP contribution < -0.4 is 5.73 Å². The van der Waals surface area contributed by atoms with Gasteiger partial charge in [-0.1, -0.05) is 13.8 Å². The van der Waals surface area contributed by atoms with Crippen LogP contribution in [-0.2, 0) is 5.41 Å². The molecule has 5 heteroatoms. The monoisotopic (exact) mass is 234 g/mol. The summed E-state index contributed by atoms with van der Waals surface area (Å²) in [6, 6.07) is 1.38. The summed E-state index contributed by atoms with van der Waals surface area (Å²) in [6.07, 6.45) is -4.29. The van der Waals surface area contributed by atoms with Crippen LogP contribution in [0, 0.1) is 0 Å². The Balaban J connectivity index is 3.20. The molecule has 92 valence electrons. The van der Waals surface area contributed by atoms with Gasteiger partial charge in [0.15, 0.2) is 0 Å². The highest BCUT2D eigenvalue weighted by molar-refractivity contribution is 5.49. The Morgan fingerprint density at radius 3 is 2.06 bits per heavy atom. The number of rotatable bonds is 2. The lowest BCUT2D eigenvalue weighted by Crippen LogP contribution is -2.36. The summed E-state index contributed by atoms with van der Waals surface area (Å²) < 4.78 is 38.4. The quantitative estimate of drug-likeness (QED) is 0.807. The zero-order valence-electron chi connectivity index (χ0n) is 9.87. The third-order valence-electron chi connectivity index (χ3n) is 2.84. The average molecular weight is 234 g/mol. The first-order valence-electron chi connectivity index (χ1n) is 5.13. The number of hydrogen-bond acceptors (Lipinski definition) is 1. The lowest BCUT2D eigenvalue weighted by molar-refractivity contribution is -0.181. The summed E-state index contributed by atoms with van der Waals surface area (Å²) in [4.78, 5) is 2.78. The maximum atomic E-state index is 12.8. The second-order valence-corrected chi connectivity index (χ2v) is 4.83. The zero-order chi connectivity index (χ0) is 12.7. The lowest BCUT2D eigenvalue weighted by atomic mass is 9.89. The van der Waals surface area contributed by atoms with E-state index in [1.54, 1.807) is 0 Å². The van der Waals surface area contributed by atoms with E-state index >= 15 is 0 Å². The maximum absolute atomic E-state index is 12.8. The summed E-state index contributed by atoms with van der Waals surface area (Å²) in [5.41, 5.74) is 4.94. The van der Waals surface area contributed by atoms with Crippen molar-refractivity contribution in [2.24, 2.45) is 0 Å². The van der Waals surface area contributed by atoms with E-state index in [0.717, 1.165) is 13.8 Å². The van der Waals surface area contributed by atoms with Gasteiger partial charge in [0.05, 0.1) is 5.69 Å². The minimum atomic E-state index is -4.29. The zero-order valence-corrected chi connectivity index (χ0v) is 9.87. The number of nitrogens with one attached hydrogen (secondary N) is 1. The van der Waals surface area contributed by atoms with Crippen LogP contribution >= 0.6 is 0 Å². The maximum Gasteiger partial charge on any atom is 0.399 e. The number of H-pyrrole nitrogens is 1. The highest BCUT2D eigenvalue weighted by atomic mass is 19.4. The molecule has 0 radical (unpaired) electrons. The predicted octanol–water partition coefficient (Wildman–Crippen LogP) is 3.56. The molecular formula is C11H17F3N2. The first-order chi connectivity index (χ1) is 7.07.